The molecule has 0 radical (unpaired) electrons. The van der Waals surface area contributed by atoms with Crippen molar-refractivity contribution in [3.8, 4) is 5.75 Å². The number of benzene rings is 2. The van der Waals surface area contributed by atoms with Crippen LogP contribution in [0.5, 0.6) is 5.75 Å². The minimum atomic E-state index is -0.109. The fourth-order valence-corrected chi connectivity index (χ4v) is 4.48. The van der Waals surface area contributed by atoms with Gasteiger partial charge in [0.15, 0.2) is 0 Å². The number of carbonyl (C=O) groups excluding carboxylic acids is 1. The van der Waals surface area contributed by atoms with Crippen LogP contribution in [0.4, 0.5) is 0 Å². The number of nitrogens with one attached hydrogen (secondary N) is 1. The lowest BCUT2D eigenvalue weighted by Crippen LogP contribution is -2.44. The van der Waals surface area contributed by atoms with Crippen molar-refractivity contribution in [3.05, 3.63) is 59.1 Å². The van der Waals surface area contributed by atoms with Crippen molar-refractivity contribution in [1.29, 1.82) is 0 Å². The standard InChI is InChI=1S/C22H26ClNO3S/c1-26-19-5-7-20(8-6-19)28-14-9-21(25)24-16-22(10-12-27-13-11-22)17-3-2-4-18(23)15-17/h2-8,15H,9-14,16H2,1H3,(H,24,25). The molecule has 0 aromatic heterocycles. The Bertz CT molecular complexity index is 776. The average molecular weight is 420 g/mol. The van der Waals surface area contributed by atoms with E-state index < -0.39 is 0 Å². The molecule has 0 spiro atoms. The van der Waals surface area contributed by atoms with E-state index in [0.717, 1.165) is 34.3 Å². The first-order valence-electron chi connectivity index (χ1n) is 9.49. The second kappa shape index (κ2) is 10.2. The number of halogens is 1. The third-order valence-electron chi connectivity index (χ3n) is 5.17. The highest BCUT2D eigenvalue weighted by Gasteiger charge is 2.34. The number of amides is 1. The second-order valence-corrected chi connectivity index (χ2v) is 8.56. The van der Waals surface area contributed by atoms with Crippen LogP contribution in [-0.2, 0) is 14.9 Å². The zero-order chi connectivity index (χ0) is 19.8. The van der Waals surface area contributed by atoms with Crippen LogP contribution in [0.1, 0.15) is 24.8 Å². The van der Waals surface area contributed by atoms with Crippen molar-refractivity contribution in [2.45, 2.75) is 29.6 Å². The second-order valence-electron chi connectivity index (χ2n) is 6.95. The number of methoxy groups -OCH3 is 1. The van der Waals surface area contributed by atoms with Crippen LogP contribution in [0.25, 0.3) is 0 Å². The molecular formula is C22H26ClNO3S. The molecular weight excluding hydrogens is 394 g/mol. The fourth-order valence-electron chi connectivity index (χ4n) is 3.44. The van der Waals surface area contributed by atoms with E-state index in [1.165, 1.54) is 5.56 Å². The predicted molar refractivity (Wildman–Crippen MR) is 115 cm³/mol. The van der Waals surface area contributed by atoms with Crippen molar-refractivity contribution in [1.82, 2.24) is 5.32 Å². The van der Waals surface area contributed by atoms with E-state index >= 15 is 0 Å². The Balaban J connectivity index is 1.52. The van der Waals surface area contributed by atoms with Gasteiger partial charge in [-0.3, -0.25) is 4.79 Å². The van der Waals surface area contributed by atoms with Gasteiger partial charge in [-0.25, -0.2) is 0 Å². The van der Waals surface area contributed by atoms with Crippen LogP contribution in [-0.4, -0.2) is 38.5 Å². The van der Waals surface area contributed by atoms with Crippen LogP contribution in [0.15, 0.2) is 53.4 Å². The Kier molecular flexibility index (Phi) is 7.65. The summed E-state index contributed by atoms with van der Waals surface area (Å²) in [6.07, 6.45) is 2.25. The van der Waals surface area contributed by atoms with Crippen molar-refractivity contribution >= 4 is 29.3 Å². The van der Waals surface area contributed by atoms with Gasteiger partial charge in [-0.2, -0.15) is 0 Å². The van der Waals surface area contributed by atoms with Gasteiger partial charge in [0, 0.05) is 47.3 Å². The Morgan fingerprint density at radius 3 is 2.64 bits per heavy atom. The summed E-state index contributed by atoms with van der Waals surface area (Å²) in [6.45, 7) is 2.02. The van der Waals surface area contributed by atoms with Gasteiger partial charge in [0.1, 0.15) is 5.75 Å². The van der Waals surface area contributed by atoms with Crippen LogP contribution < -0.4 is 10.1 Å². The minimum Gasteiger partial charge on any atom is -0.497 e. The maximum atomic E-state index is 12.4. The zero-order valence-corrected chi connectivity index (χ0v) is 17.7. The van der Waals surface area contributed by atoms with E-state index in [9.17, 15) is 4.79 Å². The lowest BCUT2D eigenvalue weighted by Gasteiger charge is -2.38. The van der Waals surface area contributed by atoms with Gasteiger partial charge in [0.05, 0.1) is 7.11 Å². The normalized spacial score (nSPS) is 15.8. The Morgan fingerprint density at radius 1 is 1.21 bits per heavy atom. The van der Waals surface area contributed by atoms with Gasteiger partial charge in [0.25, 0.3) is 0 Å². The first kappa shape index (κ1) is 21.0. The molecule has 0 atom stereocenters. The number of rotatable bonds is 8. The summed E-state index contributed by atoms with van der Waals surface area (Å²) in [5.74, 6) is 1.66. The molecule has 1 heterocycles. The molecule has 1 saturated heterocycles. The molecule has 1 aliphatic rings. The van der Waals surface area contributed by atoms with E-state index in [1.54, 1.807) is 18.9 Å². The lowest BCUT2D eigenvalue weighted by molar-refractivity contribution is -0.121. The summed E-state index contributed by atoms with van der Waals surface area (Å²) in [5.41, 5.74) is 1.07. The zero-order valence-electron chi connectivity index (χ0n) is 16.1. The molecule has 28 heavy (non-hydrogen) atoms. The number of thioether (sulfide) groups is 1. The molecule has 150 valence electrons. The molecule has 1 N–H and O–H groups in total. The first-order chi connectivity index (χ1) is 13.6. The Hall–Kier alpha value is -1.69. The highest BCUT2D eigenvalue weighted by atomic mass is 35.5. The topological polar surface area (TPSA) is 47.6 Å². The third-order valence-corrected chi connectivity index (χ3v) is 6.42. The number of carbonyl (C=O) groups is 1. The predicted octanol–water partition coefficient (Wildman–Crippen LogP) is 4.70. The average Bonchev–Trinajstić information content (AvgIpc) is 2.73. The smallest absolute Gasteiger partial charge is 0.220 e. The summed E-state index contributed by atoms with van der Waals surface area (Å²) in [6, 6.07) is 15.9. The monoisotopic (exact) mass is 419 g/mol. The van der Waals surface area contributed by atoms with Gasteiger partial charge < -0.3 is 14.8 Å². The highest BCUT2D eigenvalue weighted by molar-refractivity contribution is 7.99. The van der Waals surface area contributed by atoms with Gasteiger partial charge in [-0.05, 0) is 54.8 Å². The van der Waals surface area contributed by atoms with Crippen molar-refractivity contribution in [2.75, 3.05) is 32.6 Å². The molecule has 0 bridgehead atoms. The van der Waals surface area contributed by atoms with Crippen LogP contribution >= 0.6 is 23.4 Å². The summed E-state index contributed by atoms with van der Waals surface area (Å²) in [5, 5.41) is 3.87. The summed E-state index contributed by atoms with van der Waals surface area (Å²) in [7, 11) is 1.65. The number of hydrogen-bond acceptors (Lipinski definition) is 4. The fraction of sp³-hybridized carbons (Fsp3) is 0.409. The van der Waals surface area contributed by atoms with Crippen molar-refractivity contribution < 1.29 is 14.3 Å². The molecule has 1 fully saturated rings. The number of ether oxygens (including phenoxy) is 2. The summed E-state index contributed by atoms with van der Waals surface area (Å²) >= 11 is 7.88. The third kappa shape index (κ3) is 5.66. The molecule has 1 amide bonds. The van der Waals surface area contributed by atoms with Gasteiger partial charge in [-0.1, -0.05) is 23.7 Å². The number of hydrogen-bond donors (Lipinski definition) is 1. The van der Waals surface area contributed by atoms with Crippen LogP contribution in [0.3, 0.4) is 0 Å². The lowest BCUT2D eigenvalue weighted by atomic mass is 9.74. The van der Waals surface area contributed by atoms with E-state index in [2.05, 4.69) is 11.4 Å². The maximum Gasteiger partial charge on any atom is 0.220 e. The van der Waals surface area contributed by atoms with E-state index in [1.807, 2.05) is 42.5 Å². The van der Waals surface area contributed by atoms with E-state index in [0.29, 0.717) is 26.2 Å². The summed E-state index contributed by atoms with van der Waals surface area (Å²) in [4.78, 5) is 13.5. The first-order valence-corrected chi connectivity index (χ1v) is 10.8. The summed E-state index contributed by atoms with van der Waals surface area (Å²) < 4.78 is 10.7. The largest absolute Gasteiger partial charge is 0.497 e. The molecule has 4 nitrogen and oxygen atoms in total. The molecule has 2 aromatic carbocycles. The Labute approximate surface area is 175 Å². The molecule has 0 unspecified atom stereocenters. The molecule has 0 saturated carbocycles. The Morgan fingerprint density at radius 2 is 1.96 bits per heavy atom. The molecule has 2 aromatic rings. The molecule has 0 aliphatic carbocycles. The van der Waals surface area contributed by atoms with Crippen molar-refractivity contribution in [3.63, 3.8) is 0 Å². The molecule has 3 rings (SSSR count). The van der Waals surface area contributed by atoms with Gasteiger partial charge in [-0.15, -0.1) is 11.8 Å². The van der Waals surface area contributed by atoms with Gasteiger partial charge >= 0.3 is 0 Å². The minimum absolute atomic E-state index is 0.0777. The maximum absolute atomic E-state index is 12.4. The van der Waals surface area contributed by atoms with E-state index in [-0.39, 0.29) is 11.3 Å². The van der Waals surface area contributed by atoms with Crippen molar-refractivity contribution in [2.24, 2.45) is 0 Å². The highest BCUT2D eigenvalue weighted by Crippen LogP contribution is 2.35. The molecule has 1 aliphatic heterocycles. The van der Waals surface area contributed by atoms with Crippen LogP contribution in [0.2, 0.25) is 5.02 Å². The molecule has 6 heteroatoms. The SMILES string of the molecule is COc1ccc(SCCC(=O)NCC2(c3cccc(Cl)c3)CCOCC2)cc1. The van der Waals surface area contributed by atoms with Crippen LogP contribution in [0, 0.1) is 0 Å². The quantitative estimate of drug-likeness (QED) is 0.630. The van der Waals surface area contributed by atoms with Gasteiger partial charge in [0.2, 0.25) is 5.91 Å². The van der Waals surface area contributed by atoms with E-state index in [4.69, 9.17) is 21.1 Å².